The molecular formula is C18H26N4O2. The number of aliphatic imine (C=N–C) groups is 1. The van der Waals surface area contributed by atoms with Crippen LogP contribution in [0.1, 0.15) is 19.8 Å². The number of methoxy groups -OCH3 is 1. The highest BCUT2D eigenvalue weighted by Gasteiger charge is 2.02. The number of aromatic nitrogens is 1. The van der Waals surface area contributed by atoms with E-state index in [2.05, 4.69) is 61.5 Å². The van der Waals surface area contributed by atoms with Crippen LogP contribution in [0.15, 0.2) is 41.5 Å². The topological polar surface area (TPSA) is 67.7 Å². The SMILES string of the molecule is CCNC(=NCCCn1ccc2ccccc21)NCCC(=O)OC. The van der Waals surface area contributed by atoms with E-state index in [0.717, 1.165) is 32.0 Å². The first kappa shape index (κ1) is 17.8. The number of aryl methyl sites for hydroxylation is 1. The Bertz CT molecular complexity index is 678. The van der Waals surface area contributed by atoms with Gasteiger partial charge in [0.05, 0.1) is 13.5 Å². The number of hydrogen-bond donors (Lipinski definition) is 2. The van der Waals surface area contributed by atoms with E-state index in [4.69, 9.17) is 0 Å². The molecule has 0 aliphatic carbocycles. The molecule has 2 N–H and O–H groups in total. The summed E-state index contributed by atoms with van der Waals surface area (Å²) in [7, 11) is 1.40. The number of para-hydroxylation sites is 1. The summed E-state index contributed by atoms with van der Waals surface area (Å²) in [6, 6.07) is 10.5. The fourth-order valence-electron chi connectivity index (χ4n) is 2.49. The van der Waals surface area contributed by atoms with Crippen molar-refractivity contribution in [1.82, 2.24) is 15.2 Å². The number of nitrogens with zero attached hydrogens (tertiary/aromatic N) is 2. The summed E-state index contributed by atoms with van der Waals surface area (Å²) in [5, 5.41) is 7.58. The predicted octanol–water partition coefficient (Wildman–Crippen LogP) is 2.15. The van der Waals surface area contributed by atoms with Gasteiger partial charge in [-0.3, -0.25) is 9.79 Å². The molecular weight excluding hydrogens is 304 g/mol. The van der Waals surface area contributed by atoms with Gasteiger partial charge in [0, 0.05) is 37.9 Å². The van der Waals surface area contributed by atoms with Gasteiger partial charge in [-0.1, -0.05) is 18.2 Å². The molecule has 0 aliphatic rings. The molecule has 0 atom stereocenters. The van der Waals surface area contributed by atoms with Crippen LogP contribution in [-0.2, 0) is 16.1 Å². The summed E-state index contributed by atoms with van der Waals surface area (Å²) in [6.45, 7) is 4.97. The largest absolute Gasteiger partial charge is 0.469 e. The van der Waals surface area contributed by atoms with E-state index >= 15 is 0 Å². The Balaban J connectivity index is 1.80. The third-order valence-electron chi connectivity index (χ3n) is 3.70. The van der Waals surface area contributed by atoms with Crippen molar-refractivity contribution in [2.45, 2.75) is 26.3 Å². The fourth-order valence-corrected chi connectivity index (χ4v) is 2.49. The molecule has 130 valence electrons. The Morgan fingerprint density at radius 1 is 1.25 bits per heavy atom. The van der Waals surface area contributed by atoms with E-state index in [-0.39, 0.29) is 5.97 Å². The first-order valence-corrected chi connectivity index (χ1v) is 8.37. The van der Waals surface area contributed by atoms with Crippen molar-refractivity contribution < 1.29 is 9.53 Å². The van der Waals surface area contributed by atoms with Crippen LogP contribution in [0.5, 0.6) is 0 Å². The molecule has 0 spiro atoms. The molecule has 0 saturated carbocycles. The molecule has 2 rings (SSSR count). The number of hydrogen-bond acceptors (Lipinski definition) is 3. The molecule has 24 heavy (non-hydrogen) atoms. The van der Waals surface area contributed by atoms with Crippen LogP contribution in [0.3, 0.4) is 0 Å². The van der Waals surface area contributed by atoms with E-state index < -0.39 is 0 Å². The van der Waals surface area contributed by atoms with Crippen LogP contribution in [0, 0.1) is 0 Å². The van der Waals surface area contributed by atoms with Gasteiger partial charge in [-0.2, -0.15) is 0 Å². The molecule has 0 aliphatic heterocycles. The lowest BCUT2D eigenvalue weighted by Gasteiger charge is -2.11. The number of guanidine groups is 1. The maximum atomic E-state index is 11.1. The normalized spacial score (nSPS) is 11.5. The molecule has 1 aromatic heterocycles. The van der Waals surface area contributed by atoms with Crippen molar-refractivity contribution in [3.05, 3.63) is 36.5 Å². The highest BCUT2D eigenvalue weighted by Crippen LogP contribution is 2.15. The maximum Gasteiger partial charge on any atom is 0.307 e. The zero-order valence-electron chi connectivity index (χ0n) is 14.4. The minimum Gasteiger partial charge on any atom is -0.469 e. The van der Waals surface area contributed by atoms with Crippen LogP contribution in [-0.4, -0.2) is 43.2 Å². The maximum absolute atomic E-state index is 11.1. The Morgan fingerprint density at radius 3 is 2.88 bits per heavy atom. The zero-order valence-corrected chi connectivity index (χ0v) is 14.4. The fraction of sp³-hybridized carbons (Fsp3) is 0.444. The quantitative estimate of drug-likeness (QED) is 0.337. The van der Waals surface area contributed by atoms with Gasteiger partial charge in [-0.05, 0) is 30.9 Å². The van der Waals surface area contributed by atoms with E-state index in [1.807, 2.05) is 6.92 Å². The monoisotopic (exact) mass is 330 g/mol. The van der Waals surface area contributed by atoms with Gasteiger partial charge >= 0.3 is 5.97 Å². The first-order chi connectivity index (χ1) is 11.7. The number of esters is 1. The molecule has 0 unspecified atom stereocenters. The average Bonchev–Trinajstić information content (AvgIpc) is 3.01. The second-order valence-electron chi connectivity index (χ2n) is 5.44. The third-order valence-corrected chi connectivity index (χ3v) is 3.70. The molecule has 0 radical (unpaired) electrons. The van der Waals surface area contributed by atoms with Crippen molar-refractivity contribution in [1.29, 1.82) is 0 Å². The first-order valence-electron chi connectivity index (χ1n) is 8.37. The van der Waals surface area contributed by atoms with E-state index in [0.29, 0.717) is 13.0 Å². The van der Waals surface area contributed by atoms with Crippen molar-refractivity contribution in [3.63, 3.8) is 0 Å². The number of fused-ring (bicyclic) bond motifs is 1. The van der Waals surface area contributed by atoms with E-state index in [1.54, 1.807) is 0 Å². The smallest absolute Gasteiger partial charge is 0.307 e. The van der Waals surface area contributed by atoms with Crippen LogP contribution >= 0.6 is 0 Å². The van der Waals surface area contributed by atoms with E-state index in [1.165, 1.54) is 18.0 Å². The van der Waals surface area contributed by atoms with Crippen LogP contribution in [0.4, 0.5) is 0 Å². The summed E-state index contributed by atoms with van der Waals surface area (Å²) in [6.07, 6.45) is 3.40. The Morgan fingerprint density at radius 2 is 2.08 bits per heavy atom. The molecule has 6 nitrogen and oxygen atoms in total. The number of rotatable bonds is 8. The zero-order chi connectivity index (χ0) is 17.2. The van der Waals surface area contributed by atoms with E-state index in [9.17, 15) is 4.79 Å². The molecule has 0 fully saturated rings. The van der Waals surface area contributed by atoms with Crippen LogP contribution in [0.25, 0.3) is 10.9 Å². The van der Waals surface area contributed by atoms with Gasteiger partial charge in [-0.15, -0.1) is 0 Å². The minimum absolute atomic E-state index is 0.224. The van der Waals surface area contributed by atoms with Gasteiger partial charge in [0.15, 0.2) is 5.96 Å². The molecule has 0 amide bonds. The molecule has 0 saturated heterocycles. The second kappa shape index (κ2) is 9.60. The number of benzene rings is 1. The summed E-state index contributed by atoms with van der Waals surface area (Å²) in [5.74, 6) is 0.511. The number of ether oxygens (including phenoxy) is 1. The van der Waals surface area contributed by atoms with Crippen LogP contribution in [0.2, 0.25) is 0 Å². The second-order valence-corrected chi connectivity index (χ2v) is 5.44. The molecule has 0 bridgehead atoms. The van der Waals surface area contributed by atoms with Gasteiger partial charge in [0.25, 0.3) is 0 Å². The number of nitrogens with one attached hydrogen (secondary N) is 2. The highest BCUT2D eigenvalue weighted by molar-refractivity contribution is 5.80. The van der Waals surface area contributed by atoms with Crippen molar-refractivity contribution >= 4 is 22.8 Å². The third kappa shape index (κ3) is 5.30. The van der Waals surface area contributed by atoms with Gasteiger partial charge in [0.1, 0.15) is 0 Å². The summed E-state index contributed by atoms with van der Waals surface area (Å²) in [5.41, 5.74) is 1.25. The van der Waals surface area contributed by atoms with Crippen molar-refractivity contribution in [3.8, 4) is 0 Å². The van der Waals surface area contributed by atoms with Gasteiger partial charge in [-0.25, -0.2) is 0 Å². The molecule has 1 aromatic carbocycles. The summed E-state index contributed by atoms with van der Waals surface area (Å²) >= 11 is 0. The summed E-state index contributed by atoms with van der Waals surface area (Å²) < 4.78 is 6.88. The average molecular weight is 330 g/mol. The van der Waals surface area contributed by atoms with Crippen LogP contribution < -0.4 is 10.6 Å². The Hall–Kier alpha value is -2.50. The minimum atomic E-state index is -0.224. The molecule has 2 aromatic rings. The Labute approximate surface area is 142 Å². The Kier molecular flexibility index (Phi) is 7.14. The standard InChI is InChI=1S/C18H26N4O2/c1-3-19-18(21-12-9-17(23)24-2)20-11-6-13-22-14-10-15-7-4-5-8-16(15)22/h4-5,7-8,10,14H,3,6,9,11-13H2,1-2H3,(H2,19,20,21). The molecule has 6 heteroatoms. The number of carbonyl (C=O) groups excluding carboxylic acids is 1. The lowest BCUT2D eigenvalue weighted by atomic mass is 10.2. The summed E-state index contributed by atoms with van der Waals surface area (Å²) in [4.78, 5) is 15.7. The lowest BCUT2D eigenvalue weighted by Crippen LogP contribution is -2.38. The van der Waals surface area contributed by atoms with Gasteiger partial charge in [0.2, 0.25) is 0 Å². The van der Waals surface area contributed by atoms with Crippen molar-refractivity contribution in [2.24, 2.45) is 4.99 Å². The predicted molar refractivity (Wildman–Crippen MR) is 97.2 cm³/mol. The molecule has 1 heterocycles. The highest BCUT2D eigenvalue weighted by atomic mass is 16.5. The van der Waals surface area contributed by atoms with Gasteiger partial charge < -0.3 is 19.9 Å². The number of carbonyl (C=O) groups is 1. The van der Waals surface area contributed by atoms with Crippen molar-refractivity contribution in [2.75, 3.05) is 26.7 Å². The lowest BCUT2D eigenvalue weighted by molar-refractivity contribution is -0.140.